The van der Waals surface area contributed by atoms with Crippen molar-refractivity contribution in [2.45, 2.75) is 65.3 Å². The zero-order chi connectivity index (χ0) is 16.6. The van der Waals surface area contributed by atoms with Gasteiger partial charge in [-0.3, -0.25) is 4.90 Å². The van der Waals surface area contributed by atoms with Crippen LogP contribution in [0, 0.1) is 13.8 Å². The first-order valence-electron chi connectivity index (χ1n) is 8.45. The Morgan fingerprint density at radius 3 is 2.43 bits per heavy atom. The second-order valence-electron chi connectivity index (χ2n) is 7.67. The molecule has 126 valence electrons. The van der Waals surface area contributed by atoms with Crippen LogP contribution in [0.2, 0.25) is 0 Å². The van der Waals surface area contributed by atoms with E-state index in [-0.39, 0.29) is 5.41 Å². The van der Waals surface area contributed by atoms with Crippen molar-refractivity contribution in [3.63, 3.8) is 0 Å². The Morgan fingerprint density at radius 1 is 1.22 bits per heavy atom. The van der Waals surface area contributed by atoms with Gasteiger partial charge in [0.25, 0.3) is 0 Å². The van der Waals surface area contributed by atoms with Crippen molar-refractivity contribution in [2.24, 2.45) is 0 Å². The summed E-state index contributed by atoms with van der Waals surface area (Å²) < 4.78 is 11.3. The summed E-state index contributed by atoms with van der Waals surface area (Å²) in [6.45, 7) is 13.6. The first kappa shape index (κ1) is 16.2. The van der Waals surface area contributed by atoms with E-state index in [1.165, 1.54) is 5.56 Å². The van der Waals surface area contributed by atoms with Gasteiger partial charge in [-0.25, -0.2) is 0 Å². The number of aryl methyl sites for hydroxylation is 2. The van der Waals surface area contributed by atoms with Crippen molar-refractivity contribution in [1.82, 2.24) is 15.0 Å². The molecule has 0 saturated carbocycles. The van der Waals surface area contributed by atoms with Crippen molar-refractivity contribution < 1.29 is 8.94 Å². The zero-order valence-corrected chi connectivity index (χ0v) is 14.8. The van der Waals surface area contributed by atoms with Crippen LogP contribution in [0.25, 0.3) is 0 Å². The molecule has 5 heteroatoms. The van der Waals surface area contributed by atoms with E-state index in [0.29, 0.717) is 5.92 Å². The van der Waals surface area contributed by atoms with Gasteiger partial charge < -0.3 is 8.94 Å². The second-order valence-corrected chi connectivity index (χ2v) is 7.67. The summed E-state index contributed by atoms with van der Waals surface area (Å²) in [5.41, 5.74) is 1.37. The van der Waals surface area contributed by atoms with Crippen molar-refractivity contribution in [3.8, 4) is 0 Å². The predicted molar refractivity (Wildman–Crippen MR) is 88.4 cm³/mol. The lowest BCUT2D eigenvalue weighted by atomic mass is 9.93. The molecule has 1 aliphatic heterocycles. The third-order valence-electron chi connectivity index (χ3n) is 4.63. The Hall–Kier alpha value is -1.62. The summed E-state index contributed by atoms with van der Waals surface area (Å²) in [6.07, 6.45) is 2.15. The normalized spacial score (nSPS) is 17.8. The van der Waals surface area contributed by atoms with Gasteiger partial charge in [0, 0.05) is 23.4 Å². The monoisotopic (exact) mass is 317 g/mol. The van der Waals surface area contributed by atoms with Crippen LogP contribution in [0.15, 0.2) is 15.0 Å². The van der Waals surface area contributed by atoms with Crippen LogP contribution in [0.4, 0.5) is 0 Å². The van der Waals surface area contributed by atoms with Gasteiger partial charge in [-0.15, -0.1) is 0 Å². The lowest BCUT2D eigenvalue weighted by Gasteiger charge is -2.30. The molecule has 2 aromatic heterocycles. The molecule has 0 amide bonds. The molecule has 0 aromatic carbocycles. The molecule has 1 fully saturated rings. The van der Waals surface area contributed by atoms with Gasteiger partial charge in [-0.05, 0) is 45.8 Å². The van der Waals surface area contributed by atoms with Crippen LogP contribution in [-0.4, -0.2) is 28.1 Å². The lowest BCUT2D eigenvalue weighted by molar-refractivity contribution is 0.187. The quantitative estimate of drug-likeness (QED) is 0.857. The second kappa shape index (κ2) is 6.11. The van der Waals surface area contributed by atoms with Gasteiger partial charge in [-0.1, -0.05) is 25.9 Å². The smallest absolute Gasteiger partial charge is 0.229 e. The highest BCUT2D eigenvalue weighted by Gasteiger charge is 2.26. The van der Waals surface area contributed by atoms with Crippen LogP contribution in [0.5, 0.6) is 0 Å². The number of likely N-dealkylation sites (tertiary alicyclic amines) is 1. The molecular formula is C18H27N3O2. The topological polar surface area (TPSA) is 55.3 Å². The average molecular weight is 317 g/mol. The Kier molecular flexibility index (Phi) is 4.32. The number of aromatic nitrogens is 2. The summed E-state index contributed by atoms with van der Waals surface area (Å²) in [7, 11) is 0. The molecule has 3 heterocycles. The lowest BCUT2D eigenvalue weighted by Crippen LogP contribution is -2.32. The molecule has 5 nitrogen and oxygen atoms in total. The first-order chi connectivity index (χ1) is 10.8. The van der Waals surface area contributed by atoms with Gasteiger partial charge in [0.15, 0.2) is 5.82 Å². The Balaban J connectivity index is 1.60. The molecule has 0 radical (unpaired) electrons. The summed E-state index contributed by atoms with van der Waals surface area (Å²) >= 11 is 0. The van der Waals surface area contributed by atoms with Gasteiger partial charge in [0.1, 0.15) is 11.5 Å². The summed E-state index contributed by atoms with van der Waals surface area (Å²) in [6, 6.07) is 2.22. The minimum absolute atomic E-state index is 0.0613. The third-order valence-corrected chi connectivity index (χ3v) is 4.63. The van der Waals surface area contributed by atoms with Crippen LogP contribution in [-0.2, 0) is 12.0 Å². The Morgan fingerprint density at radius 2 is 1.91 bits per heavy atom. The predicted octanol–water partition coefficient (Wildman–Crippen LogP) is 3.96. The Labute approximate surface area is 138 Å². The molecule has 1 aliphatic rings. The minimum Gasteiger partial charge on any atom is -0.465 e. The maximum Gasteiger partial charge on any atom is 0.229 e. The van der Waals surface area contributed by atoms with Crippen molar-refractivity contribution >= 4 is 0 Å². The van der Waals surface area contributed by atoms with E-state index in [1.807, 2.05) is 6.92 Å². The van der Waals surface area contributed by atoms with E-state index in [2.05, 4.69) is 48.8 Å². The van der Waals surface area contributed by atoms with Gasteiger partial charge >= 0.3 is 0 Å². The number of piperidine rings is 1. The molecule has 0 N–H and O–H groups in total. The molecule has 0 spiro atoms. The van der Waals surface area contributed by atoms with E-state index in [0.717, 1.165) is 55.7 Å². The fraction of sp³-hybridized carbons (Fsp3) is 0.667. The molecule has 0 aliphatic carbocycles. The first-order valence-corrected chi connectivity index (χ1v) is 8.45. The number of furan rings is 1. The van der Waals surface area contributed by atoms with E-state index < -0.39 is 0 Å². The molecule has 2 aromatic rings. The van der Waals surface area contributed by atoms with Gasteiger partial charge in [-0.2, -0.15) is 4.98 Å². The maximum absolute atomic E-state index is 5.95. The highest BCUT2D eigenvalue weighted by atomic mass is 16.5. The molecule has 0 atom stereocenters. The maximum atomic E-state index is 5.95. The van der Waals surface area contributed by atoms with E-state index in [9.17, 15) is 0 Å². The summed E-state index contributed by atoms with van der Waals surface area (Å²) in [4.78, 5) is 6.87. The highest BCUT2D eigenvalue weighted by Crippen LogP contribution is 2.30. The van der Waals surface area contributed by atoms with Gasteiger partial charge in [0.05, 0.1) is 0 Å². The molecule has 3 rings (SSSR count). The van der Waals surface area contributed by atoms with E-state index in [4.69, 9.17) is 8.94 Å². The van der Waals surface area contributed by atoms with E-state index in [1.54, 1.807) is 0 Å². The minimum atomic E-state index is 0.0613. The Bertz CT molecular complexity index is 658. The van der Waals surface area contributed by atoms with Crippen molar-refractivity contribution in [2.75, 3.05) is 13.1 Å². The summed E-state index contributed by atoms with van der Waals surface area (Å²) in [5.74, 6) is 4.05. The fourth-order valence-corrected chi connectivity index (χ4v) is 3.10. The standard InChI is InChI=1S/C18H27N3O2/c1-12-15(10-16(22-12)18(3,4)5)11-21-8-6-14(7-9-21)17-19-13(2)20-23-17/h10,14H,6-9,11H2,1-5H3. The van der Waals surface area contributed by atoms with Crippen molar-refractivity contribution in [1.29, 1.82) is 0 Å². The average Bonchev–Trinajstić information content (AvgIpc) is 3.06. The van der Waals surface area contributed by atoms with Crippen LogP contribution in [0.1, 0.15) is 68.3 Å². The highest BCUT2D eigenvalue weighted by molar-refractivity contribution is 5.24. The van der Waals surface area contributed by atoms with Crippen LogP contribution < -0.4 is 0 Å². The van der Waals surface area contributed by atoms with Gasteiger partial charge in [0.2, 0.25) is 5.89 Å². The van der Waals surface area contributed by atoms with Crippen LogP contribution >= 0.6 is 0 Å². The number of rotatable bonds is 3. The summed E-state index contributed by atoms with van der Waals surface area (Å²) in [5, 5.41) is 3.90. The number of nitrogens with zero attached hydrogens (tertiary/aromatic N) is 3. The largest absolute Gasteiger partial charge is 0.465 e. The molecule has 1 saturated heterocycles. The van der Waals surface area contributed by atoms with Crippen LogP contribution in [0.3, 0.4) is 0 Å². The van der Waals surface area contributed by atoms with Crippen molar-refractivity contribution in [3.05, 3.63) is 34.9 Å². The van der Waals surface area contributed by atoms with E-state index >= 15 is 0 Å². The molecule has 23 heavy (non-hydrogen) atoms. The zero-order valence-electron chi connectivity index (χ0n) is 14.8. The molecular weight excluding hydrogens is 290 g/mol. The molecule has 0 unspecified atom stereocenters. The third kappa shape index (κ3) is 3.66. The molecule has 0 bridgehead atoms. The number of hydrogen-bond acceptors (Lipinski definition) is 5. The number of hydrogen-bond donors (Lipinski definition) is 0. The fourth-order valence-electron chi connectivity index (χ4n) is 3.10. The SMILES string of the molecule is Cc1noc(C2CCN(Cc3cc(C(C)(C)C)oc3C)CC2)n1.